The molecule has 0 aliphatic heterocycles. The van der Waals surface area contributed by atoms with Crippen LogP contribution < -0.4 is 0 Å². The molecule has 1 aromatic heterocycles. The number of hydrogen-bond donors (Lipinski definition) is 0. The summed E-state index contributed by atoms with van der Waals surface area (Å²) in [5.74, 6) is 1.89. The maximum atomic E-state index is 10.0. The van der Waals surface area contributed by atoms with Gasteiger partial charge in [-0.25, -0.2) is 15.0 Å². The number of nitriles is 1. The van der Waals surface area contributed by atoms with Gasteiger partial charge in [0.25, 0.3) is 0 Å². The maximum absolute atomic E-state index is 10.0. The average Bonchev–Trinajstić information content (AvgIpc) is 3.61. The summed E-state index contributed by atoms with van der Waals surface area (Å²) < 4.78 is 0. The lowest BCUT2D eigenvalue weighted by Gasteiger charge is -2.18. The van der Waals surface area contributed by atoms with Crippen molar-refractivity contribution in [3.63, 3.8) is 0 Å². The third kappa shape index (κ3) is 4.89. The molecule has 1 heterocycles. The summed E-state index contributed by atoms with van der Waals surface area (Å²) in [7, 11) is 0. The van der Waals surface area contributed by atoms with Crippen LogP contribution in [-0.2, 0) is 0 Å². The molecule has 0 saturated heterocycles. The molecular formula is C52H30N4. The van der Waals surface area contributed by atoms with Gasteiger partial charge in [-0.2, -0.15) is 5.26 Å². The van der Waals surface area contributed by atoms with Crippen LogP contribution in [0.2, 0.25) is 0 Å². The van der Waals surface area contributed by atoms with Crippen molar-refractivity contribution in [3.05, 3.63) is 188 Å². The van der Waals surface area contributed by atoms with Crippen molar-refractivity contribution in [3.8, 4) is 84.7 Å². The van der Waals surface area contributed by atoms with Crippen molar-refractivity contribution < 1.29 is 0 Å². The Labute approximate surface area is 323 Å². The van der Waals surface area contributed by atoms with Crippen LogP contribution >= 0.6 is 0 Å². The SMILES string of the molecule is N#Cc1ccc(-c2ccc3c4c(ccc(-c5ccc(-c6nc(-c7ccccc7)nc(-c7ccccc7)n6)c6ccccc56)c24)-c2ccccc2-3)c2ccccc12. The standard InChI is InChI=1S/C52H30N4/c53-31-34-23-24-41(36-18-8-7-17-35(34)36)45-28-26-43-38-20-10-11-21-39(38)44-27-29-46(49(45)48(43)44)42-25-30-47(40-22-12-9-19-37(40)42)52-55-50(32-13-3-1-4-14-32)54-51(56-52)33-15-5-2-6-16-33/h1-30H. The molecule has 10 aromatic rings. The number of nitrogens with zero attached hydrogens (tertiary/aromatic N) is 4. The van der Waals surface area contributed by atoms with E-state index >= 15 is 0 Å². The highest BCUT2D eigenvalue weighted by molar-refractivity contribution is 6.25. The normalized spacial score (nSPS) is 11.6. The monoisotopic (exact) mass is 710 g/mol. The Morgan fingerprint density at radius 1 is 0.286 bits per heavy atom. The lowest BCUT2D eigenvalue weighted by Crippen LogP contribution is -2.00. The van der Waals surface area contributed by atoms with Gasteiger partial charge in [0, 0.05) is 22.1 Å². The van der Waals surface area contributed by atoms with Gasteiger partial charge in [0.15, 0.2) is 17.5 Å². The Morgan fingerprint density at radius 3 is 1.16 bits per heavy atom. The van der Waals surface area contributed by atoms with Crippen LogP contribution in [0.1, 0.15) is 5.56 Å². The number of rotatable bonds is 5. The molecule has 1 aliphatic rings. The quantitative estimate of drug-likeness (QED) is 0.178. The van der Waals surface area contributed by atoms with Crippen molar-refractivity contribution in [2.75, 3.05) is 0 Å². The van der Waals surface area contributed by atoms with Crippen molar-refractivity contribution in [1.29, 1.82) is 5.26 Å². The average molecular weight is 711 g/mol. The first-order valence-electron chi connectivity index (χ1n) is 18.8. The summed E-state index contributed by atoms with van der Waals surface area (Å²) in [5.41, 5.74) is 13.0. The van der Waals surface area contributed by atoms with Crippen LogP contribution in [0.5, 0.6) is 0 Å². The lowest BCUT2D eigenvalue weighted by molar-refractivity contribution is 1.08. The van der Waals surface area contributed by atoms with Gasteiger partial charge >= 0.3 is 0 Å². The van der Waals surface area contributed by atoms with Crippen LogP contribution in [0.4, 0.5) is 0 Å². The molecule has 9 aromatic carbocycles. The van der Waals surface area contributed by atoms with E-state index in [9.17, 15) is 5.26 Å². The second-order valence-corrected chi connectivity index (χ2v) is 14.2. The van der Waals surface area contributed by atoms with Gasteiger partial charge in [-0.1, -0.05) is 170 Å². The third-order valence-corrected chi connectivity index (χ3v) is 11.2. The topological polar surface area (TPSA) is 62.5 Å². The van der Waals surface area contributed by atoms with Gasteiger partial charge in [0.1, 0.15) is 0 Å². The molecule has 0 radical (unpaired) electrons. The molecule has 0 unspecified atom stereocenters. The number of fused-ring (bicyclic) bond motifs is 5. The van der Waals surface area contributed by atoms with Gasteiger partial charge in [-0.15, -0.1) is 0 Å². The molecule has 4 nitrogen and oxygen atoms in total. The molecule has 1 aliphatic carbocycles. The Kier molecular flexibility index (Phi) is 7.20. The molecule has 56 heavy (non-hydrogen) atoms. The Bertz CT molecular complexity index is 3170. The summed E-state index contributed by atoms with van der Waals surface area (Å²) >= 11 is 0. The fourth-order valence-electron chi connectivity index (χ4n) is 8.64. The van der Waals surface area contributed by atoms with E-state index < -0.39 is 0 Å². The molecule has 0 amide bonds. The lowest BCUT2D eigenvalue weighted by atomic mass is 9.85. The van der Waals surface area contributed by atoms with E-state index in [0.717, 1.165) is 60.5 Å². The smallest absolute Gasteiger partial charge is 0.164 e. The van der Waals surface area contributed by atoms with E-state index in [2.05, 4.69) is 109 Å². The molecule has 0 bridgehead atoms. The Hall–Kier alpha value is -7.74. The van der Waals surface area contributed by atoms with E-state index in [-0.39, 0.29) is 0 Å². The minimum absolute atomic E-state index is 0.626. The van der Waals surface area contributed by atoms with Crippen LogP contribution in [0.3, 0.4) is 0 Å². The number of benzene rings is 9. The van der Waals surface area contributed by atoms with Gasteiger partial charge in [0.2, 0.25) is 0 Å². The van der Waals surface area contributed by atoms with Crippen LogP contribution in [0.15, 0.2) is 182 Å². The highest BCUT2D eigenvalue weighted by atomic mass is 15.0. The Balaban J connectivity index is 1.19. The summed E-state index contributed by atoms with van der Waals surface area (Å²) in [6.45, 7) is 0. The molecule has 0 spiro atoms. The van der Waals surface area contributed by atoms with Crippen LogP contribution in [0, 0.1) is 11.3 Å². The second kappa shape index (κ2) is 12.7. The van der Waals surface area contributed by atoms with E-state index in [4.69, 9.17) is 15.0 Å². The first-order valence-corrected chi connectivity index (χ1v) is 18.8. The predicted molar refractivity (Wildman–Crippen MR) is 229 cm³/mol. The predicted octanol–water partition coefficient (Wildman–Crippen LogP) is 13.2. The fraction of sp³-hybridized carbons (Fsp3) is 0. The summed E-state index contributed by atoms with van der Waals surface area (Å²) in [5, 5.41) is 16.7. The molecular weight excluding hydrogens is 681 g/mol. The minimum atomic E-state index is 0.626. The summed E-state index contributed by atoms with van der Waals surface area (Å²) in [6.07, 6.45) is 0. The second-order valence-electron chi connectivity index (χ2n) is 14.2. The molecule has 0 saturated carbocycles. The Morgan fingerprint density at radius 2 is 0.643 bits per heavy atom. The zero-order chi connectivity index (χ0) is 37.2. The van der Waals surface area contributed by atoms with Gasteiger partial charge in [0.05, 0.1) is 11.6 Å². The van der Waals surface area contributed by atoms with Crippen LogP contribution in [-0.4, -0.2) is 15.0 Å². The molecule has 0 N–H and O–H groups in total. The maximum Gasteiger partial charge on any atom is 0.164 e. The summed E-state index contributed by atoms with van der Waals surface area (Å²) in [4.78, 5) is 15.2. The minimum Gasteiger partial charge on any atom is -0.208 e. The van der Waals surface area contributed by atoms with E-state index in [1.165, 1.54) is 33.0 Å². The van der Waals surface area contributed by atoms with Gasteiger partial charge in [-0.05, 0) is 83.6 Å². The van der Waals surface area contributed by atoms with Crippen molar-refractivity contribution in [2.45, 2.75) is 0 Å². The number of aromatic nitrogens is 3. The molecule has 4 heteroatoms. The van der Waals surface area contributed by atoms with Gasteiger partial charge in [-0.3, -0.25) is 0 Å². The van der Waals surface area contributed by atoms with E-state index in [1.807, 2.05) is 78.9 Å². The number of hydrogen-bond acceptors (Lipinski definition) is 4. The first kappa shape index (κ1) is 31.8. The molecule has 11 rings (SSSR count). The third-order valence-electron chi connectivity index (χ3n) is 11.2. The van der Waals surface area contributed by atoms with Crippen molar-refractivity contribution in [1.82, 2.24) is 15.0 Å². The molecule has 0 fully saturated rings. The zero-order valence-electron chi connectivity index (χ0n) is 30.1. The van der Waals surface area contributed by atoms with Crippen molar-refractivity contribution >= 4 is 32.3 Å². The first-order chi connectivity index (χ1) is 27.7. The van der Waals surface area contributed by atoms with E-state index in [0.29, 0.717) is 23.0 Å². The highest BCUT2D eigenvalue weighted by Gasteiger charge is 2.26. The zero-order valence-corrected chi connectivity index (χ0v) is 30.1. The highest BCUT2D eigenvalue weighted by Crippen LogP contribution is 2.53. The van der Waals surface area contributed by atoms with Crippen molar-refractivity contribution in [2.24, 2.45) is 0 Å². The van der Waals surface area contributed by atoms with Crippen LogP contribution in [0.25, 0.3) is 111 Å². The molecule has 258 valence electrons. The summed E-state index contributed by atoms with van der Waals surface area (Å²) in [6, 6.07) is 65.8. The molecule has 0 atom stereocenters. The van der Waals surface area contributed by atoms with Gasteiger partial charge < -0.3 is 0 Å². The van der Waals surface area contributed by atoms with E-state index in [1.54, 1.807) is 0 Å². The largest absolute Gasteiger partial charge is 0.208 e. The fourth-order valence-corrected chi connectivity index (χ4v) is 8.64.